The molecule has 2 aromatic carbocycles. The van der Waals surface area contributed by atoms with E-state index in [-0.39, 0.29) is 0 Å². The summed E-state index contributed by atoms with van der Waals surface area (Å²) >= 11 is 6.52. The van der Waals surface area contributed by atoms with Crippen LogP contribution in [0.2, 0.25) is 5.15 Å². The smallest absolute Gasteiger partial charge is 0.136 e. The van der Waals surface area contributed by atoms with Crippen LogP contribution in [0.15, 0.2) is 66.0 Å². The summed E-state index contributed by atoms with van der Waals surface area (Å²) in [6.07, 6.45) is 3.43. The maximum Gasteiger partial charge on any atom is 0.136 e. The number of fused-ring (bicyclic) bond motifs is 1. The van der Waals surface area contributed by atoms with Crippen LogP contribution in [0, 0.1) is 6.92 Å². The maximum absolute atomic E-state index is 6.52. The summed E-state index contributed by atoms with van der Waals surface area (Å²) in [6.45, 7) is 2.56. The first-order valence-corrected chi connectivity index (χ1v) is 8.33. The molecule has 6 heteroatoms. The van der Waals surface area contributed by atoms with Crippen LogP contribution < -0.4 is 0 Å². The number of benzene rings is 2. The van der Waals surface area contributed by atoms with E-state index in [0.29, 0.717) is 11.7 Å². The van der Waals surface area contributed by atoms with Gasteiger partial charge in [0, 0.05) is 0 Å². The fourth-order valence-corrected chi connectivity index (χ4v) is 3.02. The molecule has 0 aliphatic carbocycles. The first-order valence-electron chi connectivity index (χ1n) is 7.95. The fourth-order valence-electron chi connectivity index (χ4n) is 2.73. The van der Waals surface area contributed by atoms with E-state index in [1.165, 1.54) is 0 Å². The number of aryl methyl sites for hydroxylation is 1. The summed E-state index contributed by atoms with van der Waals surface area (Å²) in [5.74, 6) is 0. The van der Waals surface area contributed by atoms with Gasteiger partial charge in [-0.05, 0) is 24.6 Å². The number of imidazole rings is 1. The third-order valence-electron chi connectivity index (χ3n) is 4.03. The Bertz CT molecular complexity index is 1050. The van der Waals surface area contributed by atoms with Crippen LogP contribution >= 0.6 is 11.6 Å². The number of hydrogen-bond acceptors (Lipinski definition) is 3. The minimum atomic E-state index is 0.578. The molecule has 0 unspecified atom stereocenters. The molecular weight excluding hydrogens is 334 g/mol. The lowest BCUT2D eigenvalue weighted by atomic mass is 10.2. The molecule has 124 valence electrons. The normalized spacial score (nSPS) is 11.6. The van der Waals surface area contributed by atoms with Crippen molar-refractivity contribution < 1.29 is 0 Å². The molecule has 0 N–H and O–H groups in total. The topological polar surface area (TPSA) is 48.0 Å². The van der Waals surface area contributed by atoms with Crippen LogP contribution in [0.4, 0.5) is 0 Å². The molecule has 0 amide bonds. The highest BCUT2D eigenvalue weighted by atomic mass is 35.5. The number of rotatable bonds is 4. The molecule has 0 atom stereocenters. The maximum atomic E-state index is 6.52. The standard InChI is InChI=1S/C19H16ClN5/c1-14-16(11-22-25-13-21-17-9-5-6-10-18(17)25)19(20)24(23-14)12-15-7-3-2-4-8-15/h2-11,13H,12H2,1H3/b22-11-. The van der Waals surface area contributed by atoms with Crippen LogP contribution in [0.1, 0.15) is 16.8 Å². The lowest BCUT2D eigenvalue weighted by Gasteiger charge is -2.03. The molecule has 0 bridgehead atoms. The second kappa shape index (κ2) is 6.53. The summed E-state index contributed by atoms with van der Waals surface area (Å²) in [4.78, 5) is 4.33. The van der Waals surface area contributed by atoms with E-state index < -0.39 is 0 Å². The van der Waals surface area contributed by atoms with Gasteiger partial charge in [0.25, 0.3) is 0 Å². The van der Waals surface area contributed by atoms with Crippen LogP contribution in [0.25, 0.3) is 11.0 Å². The summed E-state index contributed by atoms with van der Waals surface area (Å²) in [5, 5.41) is 9.61. The molecule has 4 rings (SSSR count). The predicted octanol–water partition coefficient (Wildman–Crippen LogP) is 4.13. The molecule has 2 aromatic heterocycles. The lowest BCUT2D eigenvalue weighted by molar-refractivity contribution is 0.680. The molecule has 0 spiro atoms. The molecule has 0 saturated heterocycles. The molecule has 5 nitrogen and oxygen atoms in total. The SMILES string of the molecule is Cc1nn(Cc2ccccc2)c(Cl)c1/C=N\n1cnc2ccccc21. The van der Waals surface area contributed by atoms with E-state index >= 15 is 0 Å². The molecular formula is C19H16ClN5. The summed E-state index contributed by atoms with van der Waals surface area (Å²) in [7, 11) is 0. The van der Waals surface area contributed by atoms with Crippen molar-refractivity contribution in [1.82, 2.24) is 19.4 Å². The quantitative estimate of drug-likeness (QED) is 0.520. The van der Waals surface area contributed by atoms with Gasteiger partial charge >= 0.3 is 0 Å². The largest absolute Gasteiger partial charge is 0.249 e. The van der Waals surface area contributed by atoms with Crippen molar-refractivity contribution in [2.45, 2.75) is 13.5 Å². The van der Waals surface area contributed by atoms with Gasteiger partial charge in [0.05, 0.1) is 35.1 Å². The zero-order valence-corrected chi connectivity index (χ0v) is 14.4. The summed E-state index contributed by atoms with van der Waals surface area (Å²) < 4.78 is 3.53. The van der Waals surface area contributed by atoms with Gasteiger partial charge in [-0.15, -0.1) is 0 Å². The number of halogens is 1. The molecule has 0 fully saturated rings. The van der Waals surface area contributed by atoms with Crippen molar-refractivity contribution in [3.8, 4) is 0 Å². The molecule has 0 saturated carbocycles. The van der Waals surface area contributed by atoms with Gasteiger partial charge in [0.2, 0.25) is 0 Å². The van der Waals surface area contributed by atoms with E-state index in [9.17, 15) is 0 Å². The van der Waals surface area contributed by atoms with Gasteiger partial charge in [0.15, 0.2) is 0 Å². The van der Waals surface area contributed by atoms with Crippen molar-refractivity contribution in [2.75, 3.05) is 0 Å². The van der Waals surface area contributed by atoms with Gasteiger partial charge in [0.1, 0.15) is 11.5 Å². The highest BCUT2D eigenvalue weighted by Crippen LogP contribution is 2.20. The Hall–Kier alpha value is -2.92. The van der Waals surface area contributed by atoms with Gasteiger partial charge in [-0.25, -0.2) is 14.3 Å². The van der Waals surface area contributed by atoms with Gasteiger partial charge < -0.3 is 0 Å². The second-order valence-corrected chi connectivity index (χ2v) is 6.11. The lowest BCUT2D eigenvalue weighted by Crippen LogP contribution is -2.01. The minimum absolute atomic E-state index is 0.578. The van der Waals surface area contributed by atoms with Gasteiger partial charge in [-0.1, -0.05) is 54.1 Å². The zero-order valence-electron chi connectivity index (χ0n) is 13.7. The average Bonchev–Trinajstić information content (AvgIpc) is 3.16. The Labute approximate surface area is 150 Å². The second-order valence-electron chi connectivity index (χ2n) is 5.76. The highest BCUT2D eigenvalue weighted by molar-refractivity contribution is 6.32. The summed E-state index contributed by atoms with van der Waals surface area (Å²) in [5.41, 5.74) is 4.66. The monoisotopic (exact) mass is 349 g/mol. The Morgan fingerprint density at radius 3 is 2.68 bits per heavy atom. The molecule has 0 aliphatic rings. The molecule has 0 aliphatic heterocycles. The van der Waals surface area contributed by atoms with E-state index in [0.717, 1.165) is 27.9 Å². The molecule has 25 heavy (non-hydrogen) atoms. The Kier molecular flexibility index (Phi) is 4.07. The Morgan fingerprint density at radius 1 is 1.08 bits per heavy atom. The number of hydrogen-bond donors (Lipinski definition) is 0. The van der Waals surface area contributed by atoms with E-state index in [4.69, 9.17) is 11.6 Å². The third kappa shape index (κ3) is 3.06. The third-order valence-corrected chi connectivity index (χ3v) is 4.43. The van der Waals surface area contributed by atoms with E-state index in [1.807, 2.05) is 49.4 Å². The van der Waals surface area contributed by atoms with Gasteiger partial charge in [-0.3, -0.25) is 0 Å². The Morgan fingerprint density at radius 2 is 1.84 bits per heavy atom. The number of aromatic nitrogens is 4. The van der Waals surface area contributed by atoms with Crippen molar-refractivity contribution >= 4 is 28.8 Å². The van der Waals surface area contributed by atoms with Crippen molar-refractivity contribution in [3.63, 3.8) is 0 Å². The van der Waals surface area contributed by atoms with Crippen molar-refractivity contribution in [2.24, 2.45) is 5.10 Å². The summed E-state index contributed by atoms with van der Waals surface area (Å²) in [6, 6.07) is 18.0. The fraction of sp³-hybridized carbons (Fsp3) is 0.105. The highest BCUT2D eigenvalue weighted by Gasteiger charge is 2.12. The molecule has 4 aromatic rings. The first-order chi connectivity index (χ1) is 12.2. The number of para-hydroxylation sites is 2. The minimum Gasteiger partial charge on any atom is -0.249 e. The van der Waals surface area contributed by atoms with Crippen molar-refractivity contribution in [3.05, 3.63) is 82.9 Å². The van der Waals surface area contributed by atoms with Crippen LogP contribution in [0.3, 0.4) is 0 Å². The first kappa shape index (κ1) is 15.6. The van der Waals surface area contributed by atoms with E-state index in [1.54, 1.807) is 21.9 Å². The zero-order chi connectivity index (χ0) is 17.2. The van der Waals surface area contributed by atoms with Crippen LogP contribution in [-0.2, 0) is 6.54 Å². The number of nitrogens with zero attached hydrogens (tertiary/aromatic N) is 5. The van der Waals surface area contributed by atoms with Crippen LogP contribution in [0.5, 0.6) is 0 Å². The average molecular weight is 350 g/mol. The van der Waals surface area contributed by atoms with E-state index in [2.05, 4.69) is 27.3 Å². The predicted molar refractivity (Wildman–Crippen MR) is 100 cm³/mol. The van der Waals surface area contributed by atoms with Crippen molar-refractivity contribution in [1.29, 1.82) is 0 Å². The molecule has 0 radical (unpaired) electrons. The van der Waals surface area contributed by atoms with Gasteiger partial charge in [-0.2, -0.15) is 10.2 Å². The Balaban J connectivity index is 1.64. The molecule has 2 heterocycles. The van der Waals surface area contributed by atoms with Crippen LogP contribution in [-0.4, -0.2) is 25.7 Å².